The molecule has 9 aromatic rings. The Hall–Kier alpha value is -5.86. The van der Waals surface area contributed by atoms with Gasteiger partial charge in [0.25, 0.3) is 0 Å². The zero-order valence-electron chi connectivity index (χ0n) is 24.3. The summed E-state index contributed by atoms with van der Waals surface area (Å²) in [4.78, 5) is 0. The lowest BCUT2D eigenvalue weighted by atomic mass is 9.67. The van der Waals surface area contributed by atoms with Crippen LogP contribution in [0, 0.1) is 0 Å². The van der Waals surface area contributed by atoms with Gasteiger partial charge in [-0.05, 0) is 80.9 Å². The molecule has 210 valence electrons. The van der Waals surface area contributed by atoms with Crippen LogP contribution in [0.2, 0.25) is 0 Å². The predicted octanol–water partition coefficient (Wildman–Crippen LogP) is 11.5. The number of fused-ring (bicyclic) bond motifs is 9. The van der Waals surface area contributed by atoms with Crippen LogP contribution in [0.25, 0.3) is 66.1 Å². The van der Waals surface area contributed by atoms with E-state index < -0.39 is 5.41 Å². The third kappa shape index (κ3) is 3.29. The number of furan rings is 2. The highest BCUT2D eigenvalue weighted by molar-refractivity contribution is 6.15. The summed E-state index contributed by atoms with van der Waals surface area (Å²) in [5.74, 6) is 0. The first-order valence-electron chi connectivity index (χ1n) is 15.4. The van der Waals surface area contributed by atoms with Crippen LogP contribution in [0.4, 0.5) is 0 Å². The fourth-order valence-electron chi connectivity index (χ4n) is 7.89. The summed E-state index contributed by atoms with van der Waals surface area (Å²) in [5, 5.41) is 4.52. The van der Waals surface area contributed by atoms with Crippen molar-refractivity contribution in [1.82, 2.24) is 0 Å². The first-order chi connectivity index (χ1) is 22.3. The Morgan fingerprint density at radius 1 is 0.356 bits per heavy atom. The summed E-state index contributed by atoms with van der Waals surface area (Å²) in [5.41, 5.74) is 12.9. The molecule has 0 atom stereocenters. The maximum Gasteiger partial charge on any atom is 0.136 e. The molecule has 2 aromatic heterocycles. The summed E-state index contributed by atoms with van der Waals surface area (Å²) in [7, 11) is 0. The zero-order valence-corrected chi connectivity index (χ0v) is 24.3. The molecule has 0 radical (unpaired) electrons. The van der Waals surface area contributed by atoms with E-state index in [9.17, 15) is 0 Å². The van der Waals surface area contributed by atoms with Gasteiger partial charge in [0.1, 0.15) is 22.3 Å². The summed E-state index contributed by atoms with van der Waals surface area (Å²) >= 11 is 0. The van der Waals surface area contributed by atoms with Crippen molar-refractivity contribution in [2.75, 3.05) is 0 Å². The topological polar surface area (TPSA) is 26.3 Å². The monoisotopic (exact) mass is 574 g/mol. The molecule has 45 heavy (non-hydrogen) atoms. The molecule has 1 aliphatic rings. The molecule has 1 aliphatic carbocycles. The Labute approximate surface area is 259 Å². The van der Waals surface area contributed by atoms with Crippen LogP contribution in [0.3, 0.4) is 0 Å². The largest absolute Gasteiger partial charge is 0.456 e. The number of hydrogen-bond acceptors (Lipinski definition) is 2. The lowest BCUT2D eigenvalue weighted by molar-refractivity contribution is 0.666. The van der Waals surface area contributed by atoms with Crippen molar-refractivity contribution >= 4 is 43.9 Å². The smallest absolute Gasteiger partial charge is 0.136 e. The molecule has 0 saturated heterocycles. The van der Waals surface area contributed by atoms with Gasteiger partial charge >= 0.3 is 0 Å². The van der Waals surface area contributed by atoms with Crippen LogP contribution < -0.4 is 0 Å². The molecule has 2 heterocycles. The van der Waals surface area contributed by atoms with Crippen molar-refractivity contribution in [2.45, 2.75) is 5.41 Å². The highest BCUT2D eigenvalue weighted by Crippen LogP contribution is 2.57. The van der Waals surface area contributed by atoms with E-state index in [4.69, 9.17) is 8.83 Å². The molecule has 0 fully saturated rings. The first-order valence-corrected chi connectivity index (χ1v) is 15.4. The molecular formula is C43H26O2. The number of benzene rings is 7. The van der Waals surface area contributed by atoms with Crippen LogP contribution in [-0.2, 0) is 5.41 Å². The van der Waals surface area contributed by atoms with E-state index in [-0.39, 0.29) is 0 Å². The van der Waals surface area contributed by atoms with Crippen molar-refractivity contribution in [3.05, 3.63) is 180 Å². The zero-order chi connectivity index (χ0) is 29.5. The second kappa shape index (κ2) is 9.07. The Kier molecular flexibility index (Phi) is 4.95. The lowest BCUT2D eigenvalue weighted by Crippen LogP contribution is -2.28. The Morgan fingerprint density at radius 3 is 1.80 bits per heavy atom. The van der Waals surface area contributed by atoms with Gasteiger partial charge < -0.3 is 8.83 Å². The molecule has 0 amide bonds. The maximum atomic E-state index is 6.72. The normalized spacial score (nSPS) is 13.5. The standard InChI is InChI=1S/C43H26O2/c1-3-12-28(13-4-1)43(29-14-5-2-6-15-29)36-19-9-7-16-31(36)34-25-35-41(26-37(34)43)45-39-21-11-18-30(42(35)39)27-22-23-33-32-17-8-10-20-38(32)44-40(33)24-27/h1-26H. The average Bonchev–Trinajstić information content (AvgIpc) is 3.75. The second-order valence-corrected chi connectivity index (χ2v) is 12.0. The summed E-state index contributed by atoms with van der Waals surface area (Å²) in [6.07, 6.45) is 0. The van der Waals surface area contributed by atoms with Crippen molar-refractivity contribution in [3.63, 3.8) is 0 Å². The number of rotatable bonds is 3. The van der Waals surface area contributed by atoms with Crippen molar-refractivity contribution in [2.24, 2.45) is 0 Å². The highest BCUT2D eigenvalue weighted by Gasteiger charge is 2.46. The van der Waals surface area contributed by atoms with E-state index in [1.165, 1.54) is 33.4 Å². The van der Waals surface area contributed by atoms with Gasteiger partial charge in [-0.1, -0.05) is 121 Å². The fraction of sp³-hybridized carbons (Fsp3) is 0.0233. The molecular weight excluding hydrogens is 548 g/mol. The van der Waals surface area contributed by atoms with Crippen LogP contribution in [0.1, 0.15) is 22.3 Å². The van der Waals surface area contributed by atoms with Gasteiger partial charge in [0.15, 0.2) is 0 Å². The maximum absolute atomic E-state index is 6.72. The number of hydrogen-bond donors (Lipinski definition) is 0. The fourth-order valence-corrected chi connectivity index (χ4v) is 7.89. The molecule has 0 aliphatic heterocycles. The van der Waals surface area contributed by atoms with Gasteiger partial charge in [-0.15, -0.1) is 0 Å². The lowest BCUT2D eigenvalue weighted by Gasteiger charge is -2.33. The quantitative estimate of drug-likeness (QED) is 0.210. The van der Waals surface area contributed by atoms with Gasteiger partial charge in [-0.3, -0.25) is 0 Å². The summed E-state index contributed by atoms with van der Waals surface area (Å²) in [6, 6.07) is 56.5. The molecule has 10 rings (SSSR count). The SMILES string of the molecule is c1ccc(C2(c3ccccc3)c3ccccc3-c3cc4c(cc32)oc2cccc(-c3ccc5c(c3)oc3ccccc35)c24)cc1. The van der Waals surface area contributed by atoms with Gasteiger partial charge in [0, 0.05) is 21.5 Å². The predicted molar refractivity (Wildman–Crippen MR) is 184 cm³/mol. The molecule has 0 spiro atoms. The van der Waals surface area contributed by atoms with Gasteiger partial charge in [-0.25, -0.2) is 0 Å². The average molecular weight is 575 g/mol. The molecule has 2 nitrogen and oxygen atoms in total. The number of para-hydroxylation sites is 1. The van der Waals surface area contributed by atoms with E-state index in [1.54, 1.807) is 0 Å². The van der Waals surface area contributed by atoms with E-state index in [1.807, 2.05) is 12.1 Å². The Balaban J connectivity index is 1.27. The second-order valence-electron chi connectivity index (χ2n) is 12.0. The Morgan fingerprint density at radius 2 is 0.978 bits per heavy atom. The summed E-state index contributed by atoms with van der Waals surface area (Å²) < 4.78 is 13.0. The van der Waals surface area contributed by atoms with Crippen LogP contribution >= 0.6 is 0 Å². The third-order valence-electron chi connectivity index (χ3n) is 9.76. The van der Waals surface area contributed by atoms with E-state index >= 15 is 0 Å². The first kappa shape index (κ1) is 24.6. The van der Waals surface area contributed by atoms with Crippen LogP contribution in [0.5, 0.6) is 0 Å². The van der Waals surface area contributed by atoms with Gasteiger partial charge in [0.05, 0.1) is 5.41 Å². The highest BCUT2D eigenvalue weighted by atomic mass is 16.3. The van der Waals surface area contributed by atoms with E-state index in [0.717, 1.165) is 55.0 Å². The minimum atomic E-state index is -0.462. The van der Waals surface area contributed by atoms with Gasteiger partial charge in [0.2, 0.25) is 0 Å². The minimum absolute atomic E-state index is 0.462. The Bertz CT molecular complexity index is 2550. The van der Waals surface area contributed by atoms with Gasteiger partial charge in [-0.2, -0.15) is 0 Å². The third-order valence-corrected chi connectivity index (χ3v) is 9.76. The molecule has 0 bridgehead atoms. The molecule has 0 saturated carbocycles. The van der Waals surface area contributed by atoms with Crippen molar-refractivity contribution < 1.29 is 8.83 Å². The molecule has 2 heteroatoms. The van der Waals surface area contributed by atoms with Crippen LogP contribution in [0.15, 0.2) is 167 Å². The van der Waals surface area contributed by atoms with Crippen LogP contribution in [-0.4, -0.2) is 0 Å². The van der Waals surface area contributed by atoms with E-state index in [2.05, 4.69) is 146 Å². The minimum Gasteiger partial charge on any atom is -0.456 e. The molecule has 0 unspecified atom stereocenters. The molecule has 7 aromatic carbocycles. The van der Waals surface area contributed by atoms with E-state index in [0.29, 0.717) is 0 Å². The summed E-state index contributed by atoms with van der Waals surface area (Å²) in [6.45, 7) is 0. The van der Waals surface area contributed by atoms with Crippen molar-refractivity contribution in [1.29, 1.82) is 0 Å². The van der Waals surface area contributed by atoms with Crippen molar-refractivity contribution in [3.8, 4) is 22.3 Å². The molecule has 0 N–H and O–H groups in total.